The number of hydrogen-bond acceptors (Lipinski definition) is 2. The number of piperidine rings is 1. The summed E-state index contributed by atoms with van der Waals surface area (Å²) in [5, 5.41) is 0. The minimum atomic E-state index is -0.156. The summed E-state index contributed by atoms with van der Waals surface area (Å²) in [5.41, 5.74) is 9.33. The standard InChI is InChI=1S/C18H21FN2/c19-17-5-3-15(4-6-17)16-9-11-21(12-10-16)18-7-1-14(13-20)2-8-18/h1-8,16H,9-13,20H2. The number of nitrogens with two attached hydrogens (primary N) is 1. The number of nitrogens with zero attached hydrogens (tertiary/aromatic N) is 1. The number of rotatable bonds is 3. The largest absolute Gasteiger partial charge is 0.371 e. The second-order valence-electron chi connectivity index (χ2n) is 5.68. The molecule has 2 N–H and O–H groups in total. The highest BCUT2D eigenvalue weighted by Gasteiger charge is 2.20. The Kier molecular flexibility index (Phi) is 4.20. The molecule has 1 saturated heterocycles. The van der Waals surface area contributed by atoms with E-state index in [1.54, 1.807) is 12.1 Å². The first-order valence-electron chi connectivity index (χ1n) is 7.55. The van der Waals surface area contributed by atoms with E-state index in [2.05, 4.69) is 29.2 Å². The van der Waals surface area contributed by atoms with Crippen molar-refractivity contribution in [2.75, 3.05) is 18.0 Å². The summed E-state index contributed by atoms with van der Waals surface area (Å²) in [6.45, 7) is 2.68. The fraction of sp³-hybridized carbons (Fsp3) is 0.333. The first kappa shape index (κ1) is 14.1. The van der Waals surface area contributed by atoms with Gasteiger partial charge in [-0.25, -0.2) is 4.39 Å². The van der Waals surface area contributed by atoms with Crippen LogP contribution in [0.5, 0.6) is 0 Å². The maximum Gasteiger partial charge on any atom is 0.123 e. The Morgan fingerprint density at radius 2 is 1.57 bits per heavy atom. The Labute approximate surface area is 125 Å². The summed E-state index contributed by atoms with van der Waals surface area (Å²) >= 11 is 0. The molecule has 110 valence electrons. The van der Waals surface area contributed by atoms with Crippen molar-refractivity contribution in [3.63, 3.8) is 0 Å². The maximum atomic E-state index is 13.0. The zero-order valence-electron chi connectivity index (χ0n) is 12.1. The number of anilines is 1. The third kappa shape index (κ3) is 3.24. The monoisotopic (exact) mass is 284 g/mol. The van der Waals surface area contributed by atoms with E-state index in [-0.39, 0.29) is 5.82 Å². The lowest BCUT2D eigenvalue weighted by atomic mass is 9.89. The van der Waals surface area contributed by atoms with Gasteiger partial charge in [0.2, 0.25) is 0 Å². The molecule has 2 aromatic carbocycles. The van der Waals surface area contributed by atoms with Gasteiger partial charge < -0.3 is 10.6 Å². The van der Waals surface area contributed by atoms with Crippen LogP contribution in [0.3, 0.4) is 0 Å². The zero-order valence-corrected chi connectivity index (χ0v) is 12.1. The van der Waals surface area contributed by atoms with Gasteiger partial charge in [-0.15, -0.1) is 0 Å². The molecule has 2 aromatic rings. The van der Waals surface area contributed by atoms with Crippen LogP contribution < -0.4 is 10.6 Å². The van der Waals surface area contributed by atoms with Gasteiger partial charge in [0.1, 0.15) is 5.82 Å². The molecule has 0 saturated carbocycles. The van der Waals surface area contributed by atoms with Crippen LogP contribution in [0.25, 0.3) is 0 Å². The van der Waals surface area contributed by atoms with Crippen molar-refractivity contribution in [3.8, 4) is 0 Å². The summed E-state index contributed by atoms with van der Waals surface area (Å²) in [6.07, 6.45) is 2.23. The van der Waals surface area contributed by atoms with E-state index < -0.39 is 0 Å². The maximum absolute atomic E-state index is 13.0. The fourth-order valence-electron chi connectivity index (χ4n) is 3.05. The topological polar surface area (TPSA) is 29.3 Å². The molecule has 1 heterocycles. The second-order valence-corrected chi connectivity index (χ2v) is 5.68. The average Bonchev–Trinajstić information content (AvgIpc) is 2.56. The SMILES string of the molecule is NCc1ccc(N2CCC(c3ccc(F)cc3)CC2)cc1. The summed E-state index contributed by atoms with van der Waals surface area (Å²) in [7, 11) is 0. The van der Waals surface area contributed by atoms with Crippen molar-refractivity contribution in [1.82, 2.24) is 0 Å². The summed E-state index contributed by atoms with van der Waals surface area (Å²) < 4.78 is 13.0. The van der Waals surface area contributed by atoms with Gasteiger partial charge in [-0.05, 0) is 54.2 Å². The summed E-state index contributed by atoms with van der Waals surface area (Å²) in [5.74, 6) is 0.390. The molecule has 3 heteroatoms. The number of hydrogen-bond donors (Lipinski definition) is 1. The van der Waals surface area contributed by atoms with Crippen LogP contribution in [0, 0.1) is 5.82 Å². The lowest BCUT2D eigenvalue weighted by Gasteiger charge is -2.34. The van der Waals surface area contributed by atoms with Crippen LogP contribution in [0.4, 0.5) is 10.1 Å². The van der Waals surface area contributed by atoms with Crippen molar-refractivity contribution in [2.45, 2.75) is 25.3 Å². The lowest BCUT2D eigenvalue weighted by Crippen LogP contribution is -2.32. The Morgan fingerprint density at radius 3 is 2.14 bits per heavy atom. The third-order valence-electron chi connectivity index (χ3n) is 4.37. The number of benzene rings is 2. The molecule has 1 aliphatic rings. The highest BCUT2D eigenvalue weighted by Crippen LogP contribution is 2.30. The Hall–Kier alpha value is -1.87. The molecule has 0 atom stereocenters. The third-order valence-corrected chi connectivity index (χ3v) is 4.37. The molecular formula is C18H21FN2. The van der Waals surface area contributed by atoms with Gasteiger partial charge >= 0.3 is 0 Å². The van der Waals surface area contributed by atoms with Gasteiger partial charge in [-0.3, -0.25) is 0 Å². The first-order valence-corrected chi connectivity index (χ1v) is 7.55. The van der Waals surface area contributed by atoms with Gasteiger partial charge in [-0.2, -0.15) is 0 Å². The van der Waals surface area contributed by atoms with E-state index in [0.717, 1.165) is 25.9 Å². The van der Waals surface area contributed by atoms with Gasteiger partial charge in [-0.1, -0.05) is 24.3 Å². The normalized spacial score (nSPS) is 16.2. The van der Waals surface area contributed by atoms with Crippen molar-refractivity contribution < 1.29 is 4.39 Å². The van der Waals surface area contributed by atoms with Gasteiger partial charge in [0.25, 0.3) is 0 Å². The quantitative estimate of drug-likeness (QED) is 0.932. The zero-order chi connectivity index (χ0) is 14.7. The molecule has 1 fully saturated rings. The van der Waals surface area contributed by atoms with Gasteiger partial charge in [0, 0.05) is 25.3 Å². The minimum absolute atomic E-state index is 0.156. The van der Waals surface area contributed by atoms with Crippen LogP contribution in [0.15, 0.2) is 48.5 Å². The molecule has 0 bridgehead atoms. The Balaban J connectivity index is 1.62. The van der Waals surface area contributed by atoms with Crippen molar-refractivity contribution in [2.24, 2.45) is 5.73 Å². The molecule has 0 aliphatic carbocycles. The van der Waals surface area contributed by atoms with E-state index in [9.17, 15) is 4.39 Å². The van der Waals surface area contributed by atoms with E-state index in [4.69, 9.17) is 5.73 Å². The molecule has 0 aromatic heterocycles. The predicted molar refractivity (Wildman–Crippen MR) is 84.9 cm³/mol. The molecule has 0 unspecified atom stereocenters. The van der Waals surface area contributed by atoms with Crippen molar-refractivity contribution in [1.29, 1.82) is 0 Å². The number of halogens is 1. The smallest absolute Gasteiger partial charge is 0.123 e. The van der Waals surface area contributed by atoms with Gasteiger partial charge in [0.05, 0.1) is 0 Å². The first-order chi connectivity index (χ1) is 10.3. The van der Waals surface area contributed by atoms with Crippen LogP contribution in [-0.2, 0) is 6.54 Å². The average molecular weight is 284 g/mol. The fourth-order valence-corrected chi connectivity index (χ4v) is 3.05. The molecule has 0 amide bonds. The highest BCUT2D eigenvalue weighted by atomic mass is 19.1. The van der Waals surface area contributed by atoms with Crippen molar-refractivity contribution >= 4 is 5.69 Å². The Bertz CT molecular complexity index is 569. The molecule has 2 nitrogen and oxygen atoms in total. The molecule has 3 rings (SSSR count). The van der Waals surface area contributed by atoms with Crippen LogP contribution in [0.1, 0.15) is 29.9 Å². The van der Waals surface area contributed by atoms with E-state index in [0.29, 0.717) is 12.5 Å². The summed E-state index contributed by atoms with van der Waals surface area (Å²) in [6, 6.07) is 15.5. The highest BCUT2D eigenvalue weighted by molar-refractivity contribution is 5.48. The van der Waals surface area contributed by atoms with E-state index in [1.165, 1.54) is 16.8 Å². The molecule has 1 aliphatic heterocycles. The van der Waals surface area contributed by atoms with Crippen LogP contribution in [-0.4, -0.2) is 13.1 Å². The van der Waals surface area contributed by atoms with Crippen molar-refractivity contribution in [3.05, 3.63) is 65.5 Å². The lowest BCUT2D eigenvalue weighted by molar-refractivity contribution is 0.504. The van der Waals surface area contributed by atoms with E-state index in [1.807, 2.05) is 12.1 Å². The molecule has 0 radical (unpaired) electrons. The molecular weight excluding hydrogens is 263 g/mol. The second kappa shape index (κ2) is 6.27. The van der Waals surface area contributed by atoms with Gasteiger partial charge in [0.15, 0.2) is 0 Å². The Morgan fingerprint density at radius 1 is 0.952 bits per heavy atom. The minimum Gasteiger partial charge on any atom is -0.371 e. The molecule has 21 heavy (non-hydrogen) atoms. The van der Waals surface area contributed by atoms with Crippen LogP contribution >= 0.6 is 0 Å². The predicted octanol–water partition coefficient (Wildman–Crippen LogP) is 3.67. The molecule has 0 spiro atoms. The van der Waals surface area contributed by atoms with E-state index >= 15 is 0 Å². The van der Waals surface area contributed by atoms with Crippen LogP contribution in [0.2, 0.25) is 0 Å². The summed E-state index contributed by atoms with van der Waals surface area (Å²) in [4.78, 5) is 2.42.